The fraction of sp³-hybridized carbons (Fsp3) is 0.571. The Kier molecular flexibility index (Phi) is 5.98. The summed E-state index contributed by atoms with van der Waals surface area (Å²) in [6.45, 7) is 4.01. The molecule has 1 atom stereocenters. The second kappa shape index (κ2) is 7.50. The van der Waals surface area contributed by atoms with Crippen molar-refractivity contribution in [2.45, 2.75) is 31.2 Å². The van der Waals surface area contributed by atoms with Gasteiger partial charge in [0.1, 0.15) is 6.61 Å². The molecule has 0 spiro atoms. The average Bonchev–Trinajstić information content (AvgIpc) is 2.91. The van der Waals surface area contributed by atoms with E-state index in [1.165, 1.54) is 0 Å². The maximum absolute atomic E-state index is 5.89. The van der Waals surface area contributed by atoms with Gasteiger partial charge in [-0.25, -0.2) is 0 Å². The number of benzene rings is 1. The molecule has 1 aliphatic heterocycles. The molecule has 5 heteroatoms. The van der Waals surface area contributed by atoms with Gasteiger partial charge in [-0.05, 0) is 53.4 Å². The van der Waals surface area contributed by atoms with Gasteiger partial charge in [-0.2, -0.15) is 0 Å². The second-order valence-corrected chi connectivity index (χ2v) is 5.83. The largest absolute Gasteiger partial charge is 0.490 e. The quantitative estimate of drug-likeness (QED) is 0.674. The monoisotopic (exact) mass is 392 g/mol. The van der Waals surface area contributed by atoms with E-state index in [1.54, 1.807) is 0 Å². The number of hydrogen-bond donors (Lipinski definition) is 0. The lowest BCUT2D eigenvalue weighted by Gasteiger charge is -2.17. The smallest absolute Gasteiger partial charge is 0.175 e. The van der Waals surface area contributed by atoms with Gasteiger partial charge in [0.2, 0.25) is 0 Å². The Morgan fingerprint density at radius 1 is 1.37 bits per heavy atom. The highest BCUT2D eigenvalue weighted by Gasteiger charge is 2.18. The van der Waals surface area contributed by atoms with Crippen LogP contribution in [0.1, 0.15) is 25.3 Å². The van der Waals surface area contributed by atoms with Crippen LogP contribution in [0.3, 0.4) is 0 Å². The first-order chi connectivity index (χ1) is 9.24. The fourth-order valence-electron chi connectivity index (χ4n) is 2.05. The Balaban J connectivity index is 2.11. The van der Waals surface area contributed by atoms with E-state index in [9.17, 15) is 0 Å². The van der Waals surface area contributed by atoms with E-state index in [0.717, 1.165) is 46.3 Å². The summed E-state index contributed by atoms with van der Waals surface area (Å²) in [5.74, 6) is 1.55. The maximum atomic E-state index is 5.89. The summed E-state index contributed by atoms with van der Waals surface area (Å²) in [5.41, 5.74) is 1.15. The molecule has 0 aliphatic carbocycles. The maximum Gasteiger partial charge on any atom is 0.175 e. The summed E-state index contributed by atoms with van der Waals surface area (Å²) >= 11 is 7.01. The molecule has 19 heavy (non-hydrogen) atoms. The van der Waals surface area contributed by atoms with Gasteiger partial charge >= 0.3 is 0 Å². The van der Waals surface area contributed by atoms with Crippen molar-refractivity contribution < 1.29 is 14.2 Å². The zero-order valence-electron chi connectivity index (χ0n) is 11.0. The molecule has 0 bridgehead atoms. The third kappa shape index (κ3) is 4.10. The number of alkyl halides is 1. The second-order valence-electron chi connectivity index (χ2n) is 4.42. The molecular weight excluding hydrogens is 376 g/mol. The number of ether oxygens (including phenoxy) is 3. The van der Waals surface area contributed by atoms with E-state index >= 15 is 0 Å². The molecule has 2 rings (SSSR count). The summed E-state index contributed by atoms with van der Waals surface area (Å²) in [6.07, 6.45) is 2.40. The predicted molar refractivity (Wildman–Crippen MR) is 82.4 cm³/mol. The van der Waals surface area contributed by atoms with E-state index in [0.29, 0.717) is 13.2 Å². The SMILES string of the molecule is CCOc1cc(CBr)cc(Br)c1OCC1CCCO1. The highest BCUT2D eigenvalue weighted by atomic mass is 79.9. The van der Waals surface area contributed by atoms with E-state index in [1.807, 2.05) is 19.1 Å². The van der Waals surface area contributed by atoms with Gasteiger partial charge in [0.05, 0.1) is 17.2 Å². The summed E-state index contributed by atoms with van der Waals surface area (Å²) in [7, 11) is 0. The zero-order valence-corrected chi connectivity index (χ0v) is 14.1. The first-order valence-electron chi connectivity index (χ1n) is 6.50. The van der Waals surface area contributed by atoms with Gasteiger partial charge < -0.3 is 14.2 Å². The third-order valence-electron chi connectivity index (χ3n) is 2.96. The Morgan fingerprint density at radius 3 is 2.84 bits per heavy atom. The van der Waals surface area contributed by atoms with Crippen LogP contribution in [0, 0.1) is 0 Å². The van der Waals surface area contributed by atoms with E-state index in [4.69, 9.17) is 14.2 Å². The minimum absolute atomic E-state index is 0.206. The standard InChI is InChI=1S/C14H18Br2O3/c1-2-17-13-7-10(8-15)6-12(16)14(13)19-9-11-4-3-5-18-11/h6-7,11H,2-5,8-9H2,1H3. The Morgan fingerprint density at radius 2 is 2.21 bits per heavy atom. The molecular formula is C14H18Br2O3. The van der Waals surface area contributed by atoms with Gasteiger partial charge in [-0.15, -0.1) is 0 Å². The summed E-state index contributed by atoms with van der Waals surface area (Å²) in [6, 6.07) is 4.05. The normalized spacial score (nSPS) is 18.6. The van der Waals surface area contributed by atoms with Crippen LogP contribution in [0.2, 0.25) is 0 Å². The molecule has 3 nitrogen and oxygen atoms in total. The van der Waals surface area contributed by atoms with Crippen molar-refractivity contribution in [2.24, 2.45) is 0 Å². The first-order valence-corrected chi connectivity index (χ1v) is 8.41. The first kappa shape index (κ1) is 15.1. The molecule has 0 aromatic heterocycles. The van der Waals surface area contributed by atoms with E-state index in [-0.39, 0.29) is 6.10 Å². The Bertz CT molecular complexity index is 417. The molecule has 1 saturated heterocycles. The minimum Gasteiger partial charge on any atom is -0.490 e. The zero-order chi connectivity index (χ0) is 13.7. The molecule has 1 aliphatic rings. The van der Waals surface area contributed by atoms with Crippen molar-refractivity contribution in [2.75, 3.05) is 19.8 Å². The van der Waals surface area contributed by atoms with Gasteiger partial charge in [0, 0.05) is 11.9 Å². The predicted octanol–water partition coefficient (Wildman–Crippen LogP) is 4.30. The number of halogens is 2. The lowest BCUT2D eigenvalue weighted by Crippen LogP contribution is -2.17. The van der Waals surface area contributed by atoms with Gasteiger partial charge in [-0.3, -0.25) is 0 Å². The van der Waals surface area contributed by atoms with Crippen molar-refractivity contribution in [1.29, 1.82) is 0 Å². The Labute approximate surface area is 130 Å². The van der Waals surface area contributed by atoms with Crippen molar-refractivity contribution >= 4 is 31.9 Å². The Hall–Kier alpha value is -0.260. The van der Waals surface area contributed by atoms with Crippen LogP contribution >= 0.6 is 31.9 Å². The van der Waals surface area contributed by atoms with E-state index in [2.05, 4.69) is 31.9 Å². The summed E-state index contributed by atoms with van der Waals surface area (Å²) < 4.78 is 18.0. The molecule has 0 N–H and O–H groups in total. The molecule has 106 valence electrons. The van der Waals surface area contributed by atoms with Crippen LogP contribution < -0.4 is 9.47 Å². The highest BCUT2D eigenvalue weighted by molar-refractivity contribution is 9.10. The average molecular weight is 394 g/mol. The number of rotatable bonds is 6. The lowest BCUT2D eigenvalue weighted by atomic mass is 10.2. The molecule has 0 radical (unpaired) electrons. The molecule has 1 aromatic rings. The van der Waals surface area contributed by atoms with Crippen LogP contribution in [-0.4, -0.2) is 25.9 Å². The number of hydrogen-bond acceptors (Lipinski definition) is 3. The van der Waals surface area contributed by atoms with Crippen LogP contribution in [0.4, 0.5) is 0 Å². The van der Waals surface area contributed by atoms with Crippen LogP contribution in [0.15, 0.2) is 16.6 Å². The van der Waals surface area contributed by atoms with Crippen molar-refractivity contribution in [1.82, 2.24) is 0 Å². The molecule has 1 heterocycles. The summed E-state index contributed by atoms with van der Waals surface area (Å²) in [4.78, 5) is 0. The van der Waals surface area contributed by atoms with E-state index < -0.39 is 0 Å². The molecule has 1 aromatic carbocycles. The lowest BCUT2D eigenvalue weighted by molar-refractivity contribution is 0.0664. The van der Waals surface area contributed by atoms with Gasteiger partial charge in [0.25, 0.3) is 0 Å². The molecule has 1 fully saturated rings. The van der Waals surface area contributed by atoms with Crippen molar-refractivity contribution in [3.8, 4) is 11.5 Å². The van der Waals surface area contributed by atoms with Crippen LogP contribution in [-0.2, 0) is 10.1 Å². The molecule has 0 amide bonds. The fourth-order valence-corrected chi connectivity index (χ4v) is 2.98. The molecule has 1 unspecified atom stereocenters. The van der Waals surface area contributed by atoms with Crippen LogP contribution in [0.25, 0.3) is 0 Å². The third-order valence-corrected chi connectivity index (χ3v) is 4.20. The van der Waals surface area contributed by atoms with Gasteiger partial charge in [-0.1, -0.05) is 15.9 Å². The minimum atomic E-state index is 0.206. The highest BCUT2D eigenvalue weighted by Crippen LogP contribution is 2.37. The van der Waals surface area contributed by atoms with Gasteiger partial charge in [0.15, 0.2) is 11.5 Å². The molecule has 0 saturated carbocycles. The summed E-state index contributed by atoms with van der Waals surface area (Å²) in [5, 5.41) is 0.789. The van der Waals surface area contributed by atoms with Crippen molar-refractivity contribution in [3.05, 3.63) is 22.2 Å². The topological polar surface area (TPSA) is 27.7 Å². The van der Waals surface area contributed by atoms with Crippen LogP contribution in [0.5, 0.6) is 11.5 Å². The van der Waals surface area contributed by atoms with Crippen molar-refractivity contribution in [3.63, 3.8) is 0 Å².